The van der Waals surface area contributed by atoms with E-state index >= 15 is 0 Å². The third-order valence-corrected chi connectivity index (χ3v) is 1.55. The Balaban J connectivity index is 3.87. The number of thiocarbonyl (C=S) groups is 1. The lowest BCUT2D eigenvalue weighted by Crippen LogP contribution is -2.32. The van der Waals surface area contributed by atoms with E-state index in [1.165, 1.54) is 7.11 Å². The van der Waals surface area contributed by atoms with Crippen molar-refractivity contribution in [3.05, 3.63) is 0 Å². The third kappa shape index (κ3) is 6.36. The Bertz CT molecular complexity index is 241. The van der Waals surface area contributed by atoms with E-state index in [9.17, 15) is 4.79 Å². The summed E-state index contributed by atoms with van der Waals surface area (Å²) in [5, 5.41) is 7.20. The zero-order valence-electron chi connectivity index (χ0n) is 8.59. The molecule has 0 aliphatic rings. The van der Waals surface area contributed by atoms with Crippen LogP contribution in [0.25, 0.3) is 0 Å². The van der Waals surface area contributed by atoms with Gasteiger partial charge in [0.2, 0.25) is 0 Å². The van der Waals surface area contributed by atoms with E-state index in [-0.39, 0.29) is 12.4 Å². The lowest BCUT2D eigenvalue weighted by molar-refractivity contribution is -0.139. The van der Waals surface area contributed by atoms with Gasteiger partial charge in [0.1, 0.15) is 0 Å². The van der Waals surface area contributed by atoms with Crippen molar-refractivity contribution in [3.63, 3.8) is 0 Å². The van der Waals surface area contributed by atoms with Gasteiger partial charge in [-0.15, -0.1) is 0 Å². The van der Waals surface area contributed by atoms with Gasteiger partial charge in [-0.05, 0) is 26.1 Å². The zero-order valence-corrected chi connectivity index (χ0v) is 9.40. The number of nitrogens with zero attached hydrogens (tertiary/aromatic N) is 1. The first-order chi connectivity index (χ1) is 6.60. The lowest BCUT2D eigenvalue weighted by Gasteiger charge is -2.04. The van der Waals surface area contributed by atoms with Crippen LogP contribution in [0.3, 0.4) is 0 Å². The van der Waals surface area contributed by atoms with Gasteiger partial charge < -0.3 is 10.1 Å². The van der Waals surface area contributed by atoms with Gasteiger partial charge in [0.25, 0.3) is 0 Å². The molecule has 0 amide bonds. The maximum Gasteiger partial charge on any atom is 0.311 e. The van der Waals surface area contributed by atoms with Crippen LogP contribution >= 0.6 is 12.2 Å². The highest BCUT2D eigenvalue weighted by Crippen LogP contribution is 1.87. The van der Waals surface area contributed by atoms with Crippen LogP contribution < -0.4 is 10.7 Å². The minimum atomic E-state index is -0.317. The topological polar surface area (TPSA) is 62.7 Å². The Kier molecular flexibility index (Phi) is 6.65. The molecule has 6 heteroatoms. The van der Waals surface area contributed by atoms with Crippen LogP contribution in [-0.2, 0) is 9.53 Å². The highest BCUT2D eigenvalue weighted by Gasteiger charge is 2.02. The predicted octanol–water partition coefficient (Wildman–Crippen LogP) is 0.409. The first-order valence-electron chi connectivity index (χ1n) is 4.24. The average Bonchev–Trinajstić information content (AvgIpc) is 2.15. The fourth-order valence-corrected chi connectivity index (χ4v) is 0.857. The van der Waals surface area contributed by atoms with Gasteiger partial charge >= 0.3 is 5.97 Å². The smallest absolute Gasteiger partial charge is 0.311 e. The van der Waals surface area contributed by atoms with E-state index in [1.54, 1.807) is 6.92 Å². The molecule has 0 saturated carbocycles. The minimum absolute atomic E-state index is 0.165. The molecule has 0 aromatic heterocycles. The van der Waals surface area contributed by atoms with E-state index in [2.05, 4.69) is 20.6 Å². The first kappa shape index (κ1) is 12.8. The van der Waals surface area contributed by atoms with Gasteiger partial charge in [0.05, 0.1) is 13.5 Å². The number of rotatable bonds is 4. The van der Waals surface area contributed by atoms with Crippen LogP contribution in [0.5, 0.6) is 0 Å². The van der Waals surface area contributed by atoms with E-state index in [0.717, 1.165) is 6.54 Å². The fourth-order valence-electron chi connectivity index (χ4n) is 0.667. The van der Waals surface area contributed by atoms with Gasteiger partial charge in [-0.1, -0.05) is 0 Å². The molecule has 0 fully saturated rings. The van der Waals surface area contributed by atoms with E-state index in [1.807, 2.05) is 6.92 Å². The maximum absolute atomic E-state index is 10.8. The molecule has 0 bridgehead atoms. The molecule has 0 rings (SSSR count). The summed E-state index contributed by atoms with van der Waals surface area (Å²) >= 11 is 4.87. The normalized spacial score (nSPS) is 10.6. The SMILES string of the molecule is CCNC(=S)N/N=C(\C)CC(=O)OC. The molecule has 0 aliphatic carbocycles. The van der Waals surface area contributed by atoms with Crippen LogP contribution in [0.4, 0.5) is 0 Å². The summed E-state index contributed by atoms with van der Waals surface area (Å²) in [4.78, 5) is 10.8. The molecule has 0 aromatic carbocycles. The predicted molar refractivity (Wildman–Crippen MR) is 59.2 cm³/mol. The number of ether oxygens (including phenoxy) is 1. The molecule has 2 N–H and O–H groups in total. The summed E-state index contributed by atoms with van der Waals surface area (Å²) in [5.74, 6) is -0.317. The van der Waals surface area contributed by atoms with Crippen LogP contribution in [0, 0.1) is 0 Å². The molecule has 0 radical (unpaired) electrons. The van der Waals surface area contributed by atoms with Crippen molar-refractivity contribution < 1.29 is 9.53 Å². The zero-order chi connectivity index (χ0) is 11.0. The molecule has 14 heavy (non-hydrogen) atoms. The molecule has 0 atom stereocenters. The summed E-state index contributed by atoms with van der Waals surface area (Å²) < 4.78 is 4.48. The number of nitrogens with one attached hydrogen (secondary N) is 2. The van der Waals surface area contributed by atoms with Gasteiger partial charge in [-0.3, -0.25) is 10.2 Å². The molecule has 0 aliphatic heterocycles. The molecule has 80 valence electrons. The highest BCUT2D eigenvalue weighted by molar-refractivity contribution is 7.80. The van der Waals surface area contributed by atoms with Crippen molar-refractivity contribution >= 4 is 29.0 Å². The van der Waals surface area contributed by atoms with Gasteiger partial charge in [0, 0.05) is 12.3 Å². The van der Waals surface area contributed by atoms with Crippen molar-refractivity contribution in [1.29, 1.82) is 0 Å². The number of methoxy groups -OCH3 is 1. The van der Waals surface area contributed by atoms with Crippen LogP contribution in [0.1, 0.15) is 20.3 Å². The summed E-state index contributed by atoms with van der Waals surface area (Å²) in [6, 6.07) is 0. The largest absolute Gasteiger partial charge is 0.469 e. The molecule has 0 saturated heterocycles. The molecular weight excluding hydrogens is 202 g/mol. The molecule has 0 unspecified atom stereocenters. The molecule has 0 aromatic rings. The Labute approximate surface area is 88.9 Å². The molecule has 0 heterocycles. The summed E-state index contributed by atoms with van der Waals surface area (Å²) in [6.45, 7) is 4.38. The number of hydrogen-bond donors (Lipinski definition) is 2. The number of carbonyl (C=O) groups excluding carboxylic acids is 1. The highest BCUT2D eigenvalue weighted by atomic mass is 32.1. The summed E-state index contributed by atoms with van der Waals surface area (Å²) in [5.41, 5.74) is 3.24. The van der Waals surface area contributed by atoms with Crippen molar-refractivity contribution in [3.8, 4) is 0 Å². The quantitative estimate of drug-likeness (QED) is 0.309. The number of hydrogen-bond acceptors (Lipinski definition) is 4. The van der Waals surface area contributed by atoms with Crippen LogP contribution in [0.15, 0.2) is 5.10 Å². The van der Waals surface area contributed by atoms with E-state index in [0.29, 0.717) is 10.8 Å². The monoisotopic (exact) mass is 217 g/mol. The summed E-state index contributed by atoms with van der Waals surface area (Å²) in [7, 11) is 1.34. The standard InChI is InChI=1S/C8H15N3O2S/c1-4-9-8(14)11-10-6(2)5-7(12)13-3/h4-5H2,1-3H3,(H2,9,11,14)/b10-6+. The summed E-state index contributed by atoms with van der Waals surface area (Å²) in [6.07, 6.45) is 0.165. The fraction of sp³-hybridized carbons (Fsp3) is 0.625. The second-order valence-electron chi connectivity index (χ2n) is 2.57. The van der Waals surface area contributed by atoms with Crippen molar-refractivity contribution in [2.45, 2.75) is 20.3 Å². The second-order valence-corrected chi connectivity index (χ2v) is 2.98. The van der Waals surface area contributed by atoms with E-state index < -0.39 is 0 Å². The Hall–Kier alpha value is -1.17. The van der Waals surface area contributed by atoms with Gasteiger partial charge in [-0.2, -0.15) is 5.10 Å². The number of esters is 1. The molecule has 5 nitrogen and oxygen atoms in total. The Morgan fingerprint density at radius 2 is 2.21 bits per heavy atom. The van der Waals surface area contributed by atoms with Gasteiger partial charge in [-0.25, -0.2) is 0 Å². The average molecular weight is 217 g/mol. The third-order valence-electron chi connectivity index (χ3n) is 1.31. The lowest BCUT2D eigenvalue weighted by atomic mass is 10.3. The number of hydrazone groups is 1. The second kappa shape index (κ2) is 7.25. The number of carbonyl (C=O) groups is 1. The molecular formula is C8H15N3O2S. The van der Waals surface area contributed by atoms with E-state index in [4.69, 9.17) is 12.2 Å². The first-order valence-corrected chi connectivity index (χ1v) is 4.64. The minimum Gasteiger partial charge on any atom is -0.469 e. The van der Waals surface area contributed by atoms with Crippen LogP contribution in [0.2, 0.25) is 0 Å². The van der Waals surface area contributed by atoms with Crippen molar-refractivity contribution in [2.24, 2.45) is 5.10 Å². The van der Waals surface area contributed by atoms with Gasteiger partial charge in [0.15, 0.2) is 5.11 Å². The Morgan fingerprint density at radius 1 is 1.57 bits per heavy atom. The van der Waals surface area contributed by atoms with Crippen molar-refractivity contribution in [2.75, 3.05) is 13.7 Å². The Morgan fingerprint density at radius 3 is 2.71 bits per heavy atom. The maximum atomic E-state index is 10.8. The van der Waals surface area contributed by atoms with Crippen molar-refractivity contribution in [1.82, 2.24) is 10.7 Å². The molecule has 0 spiro atoms. The van der Waals surface area contributed by atoms with Crippen LogP contribution in [-0.4, -0.2) is 30.4 Å².